The zero-order valence-corrected chi connectivity index (χ0v) is 15.8. The standard InChI is InChI=1S/C21H25F2N3O2/c1-15(20(27)25-18-7-3-4-8-19(18)28-21(22)23)24-16-9-11-17(12-10-16)26-13-5-2-6-14-26/h3-4,7-12,15,21,24H,2,5-6,13-14H2,1H3,(H,25,27)/t15-/m1/s1. The monoisotopic (exact) mass is 389 g/mol. The van der Waals surface area contributed by atoms with Crippen LogP contribution in [0.15, 0.2) is 48.5 Å². The molecule has 5 nitrogen and oxygen atoms in total. The summed E-state index contributed by atoms with van der Waals surface area (Å²) in [5.41, 5.74) is 2.21. The molecule has 0 unspecified atom stereocenters. The second-order valence-electron chi connectivity index (χ2n) is 6.82. The number of hydrogen-bond acceptors (Lipinski definition) is 4. The fourth-order valence-corrected chi connectivity index (χ4v) is 3.25. The average molecular weight is 389 g/mol. The molecule has 0 aliphatic carbocycles. The van der Waals surface area contributed by atoms with Crippen LogP contribution in [0.5, 0.6) is 5.75 Å². The van der Waals surface area contributed by atoms with E-state index < -0.39 is 12.7 Å². The lowest BCUT2D eigenvalue weighted by Gasteiger charge is -2.29. The molecule has 2 N–H and O–H groups in total. The van der Waals surface area contributed by atoms with Crippen LogP contribution in [-0.2, 0) is 4.79 Å². The molecule has 1 amide bonds. The second-order valence-corrected chi connectivity index (χ2v) is 6.82. The van der Waals surface area contributed by atoms with Gasteiger partial charge in [0.25, 0.3) is 0 Å². The third-order valence-electron chi connectivity index (χ3n) is 4.73. The van der Waals surface area contributed by atoms with E-state index in [0.717, 1.165) is 18.8 Å². The Morgan fingerprint density at radius 2 is 1.71 bits per heavy atom. The second kappa shape index (κ2) is 9.39. The van der Waals surface area contributed by atoms with Crippen LogP contribution in [-0.4, -0.2) is 31.7 Å². The molecule has 0 radical (unpaired) electrons. The molecule has 2 aromatic rings. The summed E-state index contributed by atoms with van der Waals surface area (Å²) < 4.78 is 29.4. The maximum Gasteiger partial charge on any atom is 0.387 e. The van der Waals surface area contributed by atoms with E-state index in [1.807, 2.05) is 24.3 Å². The zero-order valence-electron chi connectivity index (χ0n) is 15.8. The number of benzene rings is 2. The molecule has 0 spiro atoms. The molecule has 0 aromatic heterocycles. The van der Waals surface area contributed by atoms with Gasteiger partial charge in [0.15, 0.2) is 0 Å². The number of nitrogens with zero attached hydrogens (tertiary/aromatic N) is 1. The first-order chi connectivity index (χ1) is 13.5. The predicted octanol–water partition coefficient (Wildman–Crippen LogP) is 4.72. The Balaban J connectivity index is 1.58. The van der Waals surface area contributed by atoms with Crippen molar-refractivity contribution < 1.29 is 18.3 Å². The zero-order chi connectivity index (χ0) is 19.9. The minimum Gasteiger partial charge on any atom is -0.433 e. The molecule has 0 bridgehead atoms. The van der Waals surface area contributed by atoms with Crippen LogP contribution in [0, 0.1) is 0 Å². The van der Waals surface area contributed by atoms with Gasteiger partial charge in [-0.2, -0.15) is 8.78 Å². The quantitative estimate of drug-likeness (QED) is 0.720. The number of hydrogen-bond donors (Lipinski definition) is 2. The number of ether oxygens (including phenoxy) is 1. The van der Waals surface area contributed by atoms with Crippen molar-refractivity contribution in [3.05, 3.63) is 48.5 Å². The number of nitrogens with one attached hydrogen (secondary N) is 2. The number of piperidine rings is 1. The van der Waals surface area contributed by atoms with Gasteiger partial charge in [0.2, 0.25) is 5.91 Å². The Morgan fingerprint density at radius 1 is 1.04 bits per heavy atom. The summed E-state index contributed by atoms with van der Waals surface area (Å²) in [6.07, 6.45) is 3.72. The third kappa shape index (κ3) is 5.34. The van der Waals surface area contributed by atoms with Crippen LogP contribution in [0.3, 0.4) is 0 Å². The minimum atomic E-state index is -2.95. The van der Waals surface area contributed by atoms with Crippen molar-refractivity contribution in [2.75, 3.05) is 28.6 Å². The van der Waals surface area contributed by atoms with Gasteiger partial charge in [-0.15, -0.1) is 0 Å². The van der Waals surface area contributed by atoms with Gasteiger partial charge in [-0.25, -0.2) is 0 Å². The van der Waals surface area contributed by atoms with Crippen LogP contribution in [0.4, 0.5) is 25.8 Å². The van der Waals surface area contributed by atoms with Crippen molar-refractivity contribution in [2.24, 2.45) is 0 Å². The summed E-state index contributed by atoms with van der Waals surface area (Å²) in [7, 11) is 0. The molecule has 28 heavy (non-hydrogen) atoms. The van der Waals surface area contributed by atoms with Gasteiger partial charge in [0.1, 0.15) is 11.8 Å². The number of anilines is 3. The number of alkyl halides is 2. The lowest BCUT2D eigenvalue weighted by atomic mass is 10.1. The molecule has 1 aliphatic heterocycles. The number of rotatable bonds is 7. The highest BCUT2D eigenvalue weighted by molar-refractivity contribution is 5.97. The molecule has 150 valence electrons. The van der Waals surface area contributed by atoms with E-state index in [2.05, 4.69) is 20.3 Å². The Bertz CT molecular complexity index is 777. The fraction of sp³-hybridized carbons (Fsp3) is 0.381. The molecule has 1 fully saturated rings. The first-order valence-electron chi connectivity index (χ1n) is 9.49. The highest BCUT2D eigenvalue weighted by atomic mass is 19.3. The Labute approximate surface area is 163 Å². The van der Waals surface area contributed by atoms with Crippen molar-refractivity contribution in [1.82, 2.24) is 0 Å². The topological polar surface area (TPSA) is 53.6 Å². The number of halogens is 2. The lowest BCUT2D eigenvalue weighted by Crippen LogP contribution is -2.32. The van der Waals surface area contributed by atoms with Gasteiger partial charge in [-0.1, -0.05) is 12.1 Å². The fourth-order valence-electron chi connectivity index (χ4n) is 3.25. The molecule has 0 saturated carbocycles. The van der Waals surface area contributed by atoms with Crippen LogP contribution < -0.4 is 20.3 Å². The van der Waals surface area contributed by atoms with E-state index in [1.165, 1.54) is 37.1 Å². The predicted molar refractivity (Wildman–Crippen MR) is 107 cm³/mol. The summed E-state index contributed by atoms with van der Waals surface area (Å²) >= 11 is 0. The summed E-state index contributed by atoms with van der Waals surface area (Å²) in [6, 6.07) is 13.6. The van der Waals surface area contributed by atoms with Gasteiger partial charge >= 0.3 is 6.61 Å². The van der Waals surface area contributed by atoms with Crippen molar-refractivity contribution in [3.63, 3.8) is 0 Å². The molecule has 1 saturated heterocycles. The average Bonchev–Trinajstić information content (AvgIpc) is 2.70. The van der Waals surface area contributed by atoms with Gasteiger partial charge in [0.05, 0.1) is 5.69 Å². The van der Waals surface area contributed by atoms with Crippen LogP contribution in [0.25, 0.3) is 0 Å². The third-order valence-corrected chi connectivity index (χ3v) is 4.73. The van der Waals surface area contributed by atoms with Crippen LogP contribution in [0.2, 0.25) is 0 Å². The molecule has 1 heterocycles. The van der Waals surface area contributed by atoms with Crippen molar-refractivity contribution in [1.29, 1.82) is 0 Å². The maximum absolute atomic E-state index is 12.5. The van der Waals surface area contributed by atoms with E-state index in [4.69, 9.17) is 0 Å². The maximum atomic E-state index is 12.5. The molecule has 3 rings (SSSR count). The lowest BCUT2D eigenvalue weighted by molar-refractivity contribution is -0.116. The van der Waals surface area contributed by atoms with Gasteiger partial charge in [0, 0.05) is 24.5 Å². The first kappa shape index (κ1) is 19.9. The normalized spacial score (nSPS) is 15.2. The van der Waals surface area contributed by atoms with Crippen LogP contribution >= 0.6 is 0 Å². The Morgan fingerprint density at radius 3 is 2.39 bits per heavy atom. The van der Waals surface area contributed by atoms with E-state index in [0.29, 0.717) is 0 Å². The van der Waals surface area contributed by atoms with Gasteiger partial charge < -0.3 is 20.3 Å². The minimum absolute atomic E-state index is 0.0658. The van der Waals surface area contributed by atoms with Crippen molar-refractivity contribution >= 4 is 23.0 Å². The molecular formula is C21H25F2N3O2. The summed E-state index contributed by atoms with van der Waals surface area (Å²) in [5, 5.41) is 5.76. The van der Waals surface area contributed by atoms with E-state index in [9.17, 15) is 13.6 Å². The van der Waals surface area contributed by atoms with Crippen molar-refractivity contribution in [2.45, 2.75) is 38.8 Å². The molecule has 2 aromatic carbocycles. The van der Waals surface area contributed by atoms with E-state index >= 15 is 0 Å². The molecule has 1 aliphatic rings. The highest BCUT2D eigenvalue weighted by Gasteiger charge is 2.17. The summed E-state index contributed by atoms with van der Waals surface area (Å²) in [6.45, 7) is 0.911. The summed E-state index contributed by atoms with van der Waals surface area (Å²) in [5.74, 6) is -0.408. The van der Waals surface area contributed by atoms with E-state index in [1.54, 1.807) is 19.1 Å². The SMILES string of the molecule is C[C@@H](Nc1ccc(N2CCCCC2)cc1)C(=O)Nc1ccccc1OC(F)F. The first-order valence-corrected chi connectivity index (χ1v) is 9.49. The largest absolute Gasteiger partial charge is 0.433 e. The number of amides is 1. The Kier molecular flexibility index (Phi) is 6.68. The number of para-hydroxylation sites is 2. The smallest absolute Gasteiger partial charge is 0.387 e. The number of carbonyl (C=O) groups excluding carboxylic acids is 1. The van der Waals surface area contributed by atoms with Gasteiger partial charge in [-0.05, 0) is 62.6 Å². The highest BCUT2D eigenvalue weighted by Crippen LogP contribution is 2.26. The van der Waals surface area contributed by atoms with Crippen LogP contribution in [0.1, 0.15) is 26.2 Å². The Hall–Kier alpha value is -2.83. The molecule has 1 atom stereocenters. The molecule has 7 heteroatoms. The number of carbonyl (C=O) groups is 1. The van der Waals surface area contributed by atoms with Gasteiger partial charge in [-0.3, -0.25) is 4.79 Å². The molecular weight excluding hydrogens is 364 g/mol. The van der Waals surface area contributed by atoms with Crippen molar-refractivity contribution in [3.8, 4) is 5.75 Å². The summed E-state index contributed by atoms with van der Waals surface area (Å²) in [4.78, 5) is 14.8. The van der Waals surface area contributed by atoms with E-state index in [-0.39, 0.29) is 17.3 Å².